The van der Waals surface area contributed by atoms with Gasteiger partial charge in [-0.2, -0.15) is 0 Å². The molecule has 5 rings (SSSR count). The fraction of sp³-hybridized carbons (Fsp3) is 0.154. The van der Waals surface area contributed by atoms with E-state index in [9.17, 15) is 9.59 Å². The van der Waals surface area contributed by atoms with Crippen LogP contribution in [0.5, 0.6) is 5.75 Å². The third-order valence-electron chi connectivity index (χ3n) is 5.46. The molecule has 0 radical (unpaired) electrons. The van der Waals surface area contributed by atoms with Gasteiger partial charge >= 0.3 is 0 Å². The van der Waals surface area contributed by atoms with Crippen LogP contribution in [-0.2, 0) is 17.9 Å². The van der Waals surface area contributed by atoms with E-state index in [1.165, 1.54) is 23.1 Å². The van der Waals surface area contributed by atoms with Crippen molar-refractivity contribution in [1.29, 1.82) is 0 Å². The van der Waals surface area contributed by atoms with Gasteiger partial charge in [-0.15, -0.1) is 11.3 Å². The van der Waals surface area contributed by atoms with Crippen molar-refractivity contribution in [3.05, 3.63) is 94.4 Å². The highest BCUT2D eigenvalue weighted by Crippen LogP contribution is 2.30. The number of rotatable bonds is 8. The molecule has 0 aliphatic rings. The van der Waals surface area contributed by atoms with Crippen molar-refractivity contribution >= 4 is 49.4 Å². The Bertz CT molecular complexity index is 1560. The largest absolute Gasteiger partial charge is 0.497 e. The van der Waals surface area contributed by atoms with Gasteiger partial charge in [0.05, 0.1) is 24.9 Å². The number of methoxy groups -OCH3 is 1. The molecule has 7 nitrogen and oxygen atoms in total. The highest BCUT2D eigenvalue weighted by atomic mass is 32.2. The van der Waals surface area contributed by atoms with Gasteiger partial charge in [-0.1, -0.05) is 54.2 Å². The number of aromatic nitrogens is 3. The summed E-state index contributed by atoms with van der Waals surface area (Å²) in [7, 11) is 1.61. The fourth-order valence-corrected chi connectivity index (χ4v) is 5.57. The number of fused-ring (bicyclic) bond motifs is 3. The maximum atomic E-state index is 13.5. The molecule has 0 fully saturated rings. The van der Waals surface area contributed by atoms with Gasteiger partial charge in [-0.25, -0.2) is 9.97 Å². The number of benzene rings is 2. The Morgan fingerprint density at radius 1 is 1.09 bits per heavy atom. The molecule has 5 aromatic rings. The van der Waals surface area contributed by atoms with E-state index >= 15 is 0 Å². The number of ether oxygens (including phenoxy) is 1. The van der Waals surface area contributed by atoms with Crippen LogP contribution in [0.15, 0.2) is 82.9 Å². The van der Waals surface area contributed by atoms with Crippen molar-refractivity contribution in [2.45, 2.75) is 18.2 Å². The molecule has 0 aliphatic carbocycles. The molecular formula is C26H22N4O3S2. The molecule has 176 valence electrons. The van der Waals surface area contributed by atoms with E-state index in [1.54, 1.807) is 17.9 Å². The first-order chi connectivity index (χ1) is 17.1. The zero-order valence-electron chi connectivity index (χ0n) is 18.9. The van der Waals surface area contributed by atoms with E-state index in [2.05, 4.69) is 10.3 Å². The summed E-state index contributed by atoms with van der Waals surface area (Å²) in [6.07, 6.45) is 1.71. The zero-order chi connectivity index (χ0) is 24.2. The molecule has 0 saturated carbocycles. The lowest BCUT2D eigenvalue weighted by Crippen LogP contribution is -2.26. The minimum absolute atomic E-state index is 0.124. The van der Waals surface area contributed by atoms with Gasteiger partial charge in [0.25, 0.3) is 5.56 Å². The second kappa shape index (κ2) is 10.3. The maximum absolute atomic E-state index is 13.5. The summed E-state index contributed by atoms with van der Waals surface area (Å²) in [6.45, 7) is 0.763. The molecule has 35 heavy (non-hydrogen) atoms. The van der Waals surface area contributed by atoms with Crippen molar-refractivity contribution in [2.75, 3.05) is 12.9 Å². The van der Waals surface area contributed by atoms with E-state index in [0.717, 1.165) is 27.1 Å². The molecule has 0 unspecified atom stereocenters. The van der Waals surface area contributed by atoms with Crippen molar-refractivity contribution in [3.63, 3.8) is 0 Å². The number of pyridine rings is 1. The molecule has 0 spiro atoms. The van der Waals surface area contributed by atoms with Gasteiger partial charge in [-0.3, -0.25) is 14.2 Å². The van der Waals surface area contributed by atoms with Gasteiger partial charge in [-0.05, 0) is 35.4 Å². The summed E-state index contributed by atoms with van der Waals surface area (Å²) in [4.78, 5) is 36.2. The summed E-state index contributed by atoms with van der Waals surface area (Å²) in [5, 5.41) is 4.28. The van der Waals surface area contributed by atoms with E-state index in [4.69, 9.17) is 9.72 Å². The summed E-state index contributed by atoms with van der Waals surface area (Å²) >= 11 is 2.61. The molecule has 2 aromatic carbocycles. The third-order valence-corrected chi connectivity index (χ3v) is 7.52. The van der Waals surface area contributed by atoms with Crippen LogP contribution in [0.2, 0.25) is 0 Å². The number of carbonyl (C=O) groups excluding carboxylic acids is 1. The maximum Gasteiger partial charge on any atom is 0.272 e. The number of hydrogen-bond donors (Lipinski definition) is 1. The van der Waals surface area contributed by atoms with Crippen LogP contribution < -0.4 is 15.6 Å². The lowest BCUT2D eigenvalue weighted by molar-refractivity contribution is -0.118. The molecule has 1 amide bonds. The molecule has 0 saturated heterocycles. The highest BCUT2D eigenvalue weighted by molar-refractivity contribution is 7.99. The monoisotopic (exact) mass is 502 g/mol. The van der Waals surface area contributed by atoms with Crippen molar-refractivity contribution in [1.82, 2.24) is 19.9 Å². The van der Waals surface area contributed by atoms with E-state index < -0.39 is 0 Å². The second-order valence-corrected chi connectivity index (χ2v) is 9.77. The van der Waals surface area contributed by atoms with E-state index in [0.29, 0.717) is 28.5 Å². The first-order valence-electron chi connectivity index (χ1n) is 11.0. The normalized spacial score (nSPS) is 11.1. The van der Waals surface area contributed by atoms with Crippen LogP contribution in [0, 0.1) is 0 Å². The summed E-state index contributed by atoms with van der Waals surface area (Å²) < 4.78 is 7.45. The summed E-state index contributed by atoms with van der Waals surface area (Å²) in [5.74, 6) is 0.734. The fourth-order valence-electron chi connectivity index (χ4n) is 3.72. The number of thiophene rings is 1. The predicted molar refractivity (Wildman–Crippen MR) is 140 cm³/mol. The second-order valence-electron chi connectivity index (χ2n) is 7.82. The molecule has 9 heteroatoms. The Hall–Kier alpha value is -3.69. The zero-order valence-corrected chi connectivity index (χ0v) is 20.6. The molecule has 0 aliphatic heterocycles. The SMILES string of the molecule is COc1cccc(CNC(=O)CSc2nc3c(sc4ncccc43)c(=O)n2Cc2ccccc2)c1. The van der Waals surface area contributed by atoms with Gasteiger partial charge in [0.15, 0.2) is 5.16 Å². The highest BCUT2D eigenvalue weighted by Gasteiger charge is 2.18. The Morgan fingerprint density at radius 3 is 2.74 bits per heavy atom. The Morgan fingerprint density at radius 2 is 1.91 bits per heavy atom. The van der Waals surface area contributed by atoms with Crippen LogP contribution in [0.1, 0.15) is 11.1 Å². The lowest BCUT2D eigenvalue weighted by Gasteiger charge is -2.12. The number of nitrogens with zero attached hydrogens (tertiary/aromatic N) is 3. The Kier molecular flexibility index (Phi) is 6.78. The average Bonchev–Trinajstić information content (AvgIpc) is 3.27. The number of nitrogens with one attached hydrogen (secondary N) is 1. The van der Waals surface area contributed by atoms with Gasteiger partial charge in [0.2, 0.25) is 5.91 Å². The summed E-state index contributed by atoms with van der Waals surface area (Å²) in [6, 6.07) is 21.1. The Balaban J connectivity index is 1.42. The number of thioether (sulfide) groups is 1. The molecule has 1 N–H and O–H groups in total. The molecular weight excluding hydrogens is 480 g/mol. The smallest absolute Gasteiger partial charge is 0.272 e. The Labute approximate surface area is 209 Å². The third kappa shape index (κ3) is 5.06. The van der Waals surface area contributed by atoms with Crippen LogP contribution in [0.4, 0.5) is 0 Å². The van der Waals surface area contributed by atoms with Gasteiger partial charge in [0.1, 0.15) is 15.3 Å². The lowest BCUT2D eigenvalue weighted by atomic mass is 10.2. The molecule has 3 heterocycles. The first kappa shape index (κ1) is 23.1. The van der Waals surface area contributed by atoms with Gasteiger partial charge in [0, 0.05) is 18.1 Å². The predicted octanol–water partition coefficient (Wildman–Crippen LogP) is 4.47. The van der Waals surface area contributed by atoms with E-state index in [-0.39, 0.29) is 17.2 Å². The number of carbonyl (C=O) groups is 1. The van der Waals surface area contributed by atoms with Gasteiger partial charge < -0.3 is 10.1 Å². The van der Waals surface area contributed by atoms with Crippen molar-refractivity contribution < 1.29 is 9.53 Å². The van der Waals surface area contributed by atoms with Crippen molar-refractivity contribution in [3.8, 4) is 5.75 Å². The van der Waals surface area contributed by atoms with Crippen LogP contribution in [0.25, 0.3) is 20.4 Å². The number of hydrogen-bond acceptors (Lipinski definition) is 7. The minimum Gasteiger partial charge on any atom is -0.497 e. The van der Waals surface area contributed by atoms with Crippen LogP contribution in [0.3, 0.4) is 0 Å². The molecule has 0 atom stereocenters. The van der Waals surface area contributed by atoms with E-state index in [1.807, 2.05) is 66.7 Å². The average molecular weight is 503 g/mol. The quantitative estimate of drug-likeness (QED) is 0.249. The standard InChI is InChI=1S/C26H22N4O3S2/c1-33-19-10-5-9-18(13-19)14-28-21(31)16-34-26-29-22-20-11-6-12-27-24(20)35-23(22)25(32)30(26)15-17-7-3-2-4-8-17/h2-13H,14-16H2,1H3,(H,28,31). The first-order valence-corrected chi connectivity index (χ1v) is 12.8. The van der Waals surface area contributed by atoms with Crippen molar-refractivity contribution in [2.24, 2.45) is 0 Å². The number of amides is 1. The minimum atomic E-state index is -0.143. The molecule has 0 bridgehead atoms. The molecule has 3 aromatic heterocycles. The van der Waals surface area contributed by atoms with Crippen LogP contribution >= 0.6 is 23.1 Å². The topological polar surface area (TPSA) is 86.1 Å². The van der Waals surface area contributed by atoms with Crippen LogP contribution in [-0.4, -0.2) is 33.3 Å². The summed E-state index contributed by atoms with van der Waals surface area (Å²) in [5.41, 5.74) is 2.44.